The molecule has 18 heavy (non-hydrogen) atoms. The van der Waals surface area contributed by atoms with Gasteiger partial charge in [-0.25, -0.2) is 4.39 Å². The van der Waals surface area contributed by atoms with E-state index in [0.717, 1.165) is 25.1 Å². The summed E-state index contributed by atoms with van der Waals surface area (Å²) in [7, 11) is 0. The van der Waals surface area contributed by atoms with Gasteiger partial charge in [-0.05, 0) is 34.0 Å². The van der Waals surface area contributed by atoms with E-state index in [4.69, 9.17) is 0 Å². The number of nitrogens with one attached hydrogen (secondary N) is 1. The van der Waals surface area contributed by atoms with E-state index < -0.39 is 0 Å². The first-order valence-electron chi connectivity index (χ1n) is 5.98. The minimum absolute atomic E-state index is 0.00814. The fourth-order valence-electron chi connectivity index (χ4n) is 2.29. The number of hydrogen-bond donors (Lipinski definition) is 1. The van der Waals surface area contributed by atoms with Crippen LogP contribution in [0.1, 0.15) is 18.9 Å². The monoisotopic (exact) mass is 314 g/mol. The van der Waals surface area contributed by atoms with Gasteiger partial charge in [0.2, 0.25) is 5.91 Å². The Morgan fingerprint density at radius 3 is 3.11 bits per heavy atom. The lowest BCUT2D eigenvalue weighted by molar-refractivity contribution is -0.119. The number of carbonyl (C=O) groups excluding carboxylic acids is 1. The van der Waals surface area contributed by atoms with Gasteiger partial charge in [0, 0.05) is 32.6 Å². The van der Waals surface area contributed by atoms with Gasteiger partial charge >= 0.3 is 0 Å². The number of amides is 1. The predicted octanol–water partition coefficient (Wildman–Crippen LogP) is 2.30. The molecule has 1 saturated heterocycles. The number of benzene rings is 1. The van der Waals surface area contributed by atoms with E-state index in [-0.39, 0.29) is 17.8 Å². The Kier molecular flexibility index (Phi) is 4.35. The van der Waals surface area contributed by atoms with Crippen molar-refractivity contribution in [3.63, 3.8) is 0 Å². The summed E-state index contributed by atoms with van der Waals surface area (Å²) in [6.07, 6.45) is 0.951. The third kappa shape index (κ3) is 3.29. The average molecular weight is 315 g/mol. The molecule has 1 N–H and O–H groups in total. The fourth-order valence-corrected chi connectivity index (χ4v) is 2.68. The summed E-state index contributed by atoms with van der Waals surface area (Å²) in [5, 5.41) is 2.92. The minimum atomic E-state index is -0.231. The van der Waals surface area contributed by atoms with E-state index in [1.165, 1.54) is 13.0 Å². The molecule has 98 valence electrons. The highest BCUT2D eigenvalue weighted by Gasteiger charge is 2.23. The predicted molar refractivity (Wildman–Crippen MR) is 71.6 cm³/mol. The van der Waals surface area contributed by atoms with Gasteiger partial charge in [-0.15, -0.1) is 0 Å². The van der Waals surface area contributed by atoms with Crippen LogP contribution in [0.15, 0.2) is 22.7 Å². The smallest absolute Gasteiger partial charge is 0.217 e. The van der Waals surface area contributed by atoms with Crippen molar-refractivity contribution in [3.05, 3.63) is 34.1 Å². The molecule has 1 amide bonds. The van der Waals surface area contributed by atoms with Gasteiger partial charge in [0.25, 0.3) is 0 Å². The van der Waals surface area contributed by atoms with Crippen LogP contribution in [0.4, 0.5) is 4.39 Å². The molecule has 1 heterocycles. The van der Waals surface area contributed by atoms with Gasteiger partial charge in [0.05, 0.1) is 4.47 Å². The molecule has 1 unspecified atom stereocenters. The van der Waals surface area contributed by atoms with Crippen LogP contribution in [-0.4, -0.2) is 29.9 Å². The van der Waals surface area contributed by atoms with Crippen molar-refractivity contribution < 1.29 is 9.18 Å². The first kappa shape index (κ1) is 13.5. The second-order valence-corrected chi connectivity index (χ2v) is 5.43. The van der Waals surface area contributed by atoms with E-state index >= 15 is 0 Å². The molecule has 3 nitrogen and oxygen atoms in total. The number of likely N-dealkylation sites (tertiary alicyclic amines) is 1. The Labute approximate surface area is 114 Å². The van der Waals surface area contributed by atoms with E-state index in [1.54, 1.807) is 6.07 Å². The summed E-state index contributed by atoms with van der Waals surface area (Å²) < 4.78 is 13.9. The van der Waals surface area contributed by atoms with Crippen molar-refractivity contribution >= 4 is 21.8 Å². The molecule has 0 saturated carbocycles. The average Bonchev–Trinajstić information content (AvgIpc) is 2.71. The Balaban J connectivity index is 1.95. The van der Waals surface area contributed by atoms with Gasteiger partial charge in [0.1, 0.15) is 5.82 Å². The number of rotatable bonds is 3. The molecule has 2 rings (SSSR count). The van der Waals surface area contributed by atoms with E-state index in [0.29, 0.717) is 11.0 Å². The highest BCUT2D eigenvalue weighted by molar-refractivity contribution is 9.10. The maximum atomic E-state index is 13.4. The van der Waals surface area contributed by atoms with Crippen LogP contribution in [0.5, 0.6) is 0 Å². The third-order valence-electron chi connectivity index (χ3n) is 3.11. The molecule has 1 aliphatic rings. The normalized spacial score (nSPS) is 20.1. The lowest BCUT2D eigenvalue weighted by Crippen LogP contribution is -2.35. The number of nitrogens with zero attached hydrogens (tertiary/aromatic N) is 1. The van der Waals surface area contributed by atoms with E-state index in [1.807, 2.05) is 6.07 Å². The lowest BCUT2D eigenvalue weighted by atomic mass is 10.2. The molecule has 1 aromatic carbocycles. The van der Waals surface area contributed by atoms with Crippen LogP contribution in [-0.2, 0) is 11.3 Å². The van der Waals surface area contributed by atoms with E-state index in [9.17, 15) is 9.18 Å². The highest BCUT2D eigenvalue weighted by Crippen LogP contribution is 2.23. The van der Waals surface area contributed by atoms with Gasteiger partial charge in [-0.1, -0.05) is 12.1 Å². The van der Waals surface area contributed by atoms with Crippen molar-refractivity contribution in [2.24, 2.45) is 0 Å². The van der Waals surface area contributed by atoms with Crippen LogP contribution in [0.2, 0.25) is 0 Å². The van der Waals surface area contributed by atoms with Crippen molar-refractivity contribution in [3.8, 4) is 0 Å². The molecule has 0 aromatic heterocycles. The quantitative estimate of drug-likeness (QED) is 0.928. The maximum Gasteiger partial charge on any atom is 0.217 e. The topological polar surface area (TPSA) is 32.3 Å². The van der Waals surface area contributed by atoms with Gasteiger partial charge < -0.3 is 5.32 Å². The van der Waals surface area contributed by atoms with Gasteiger partial charge in [0.15, 0.2) is 0 Å². The molecule has 1 fully saturated rings. The zero-order chi connectivity index (χ0) is 13.1. The number of halogens is 2. The molecule has 0 spiro atoms. The van der Waals surface area contributed by atoms with Crippen LogP contribution in [0, 0.1) is 5.82 Å². The zero-order valence-corrected chi connectivity index (χ0v) is 11.8. The molecule has 1 atom stereocenters. The molecule has 0 bridgehead atoms. The second kappa shape index (κ2) is 5.80. The molecular weight excluding hydrogens is 299 g/mol. The molecule has 0 radical (unpaired) electrons. The minimum Gasteiger partial charge on any atom is -0.352 e. The first-order valence-corrected chi connectivity index (χ1v) is 6.78. The fraction of sp³-hybridized carbons (Fsp3) is 0.462. The molecule has 0 aliphatic carbocycles. The Bertz CT molecular complexity index is 453. The van der Waals surface area contributed by atoms with Crippen molar-refractivity contribution in [2.45, 2.75) is 25.9 Å². The van der Waals surface area contributed by atoms with Crippen LogP contribution in [0.25, 0.3) is 0 Å². The maximum absolute atomic E-state index is 13.4. The Morgan fingerprint density at radius 1 is 1.61 bits per heavy atom. The standard InChI is InChI=1S/C13H16BrFN2O/c1-9(18)16-11-5-6-17(8-11)7-10-3-2-4-12(15)13(10)14/h2-4,11H,5-8H2,1H3,(H,16,18). The molecule has 5 heteroatoms. The van der Waals surface area contributed by atoms with Crippen LogP contribution in [0.3, 0.4) is 0 Å². The second-order valence-electron chi connectivity index (χ2n) is 4.63. The lowest BCUT2D eigenvalue weighted by Gasteiger charge is -2.17. The Morgan fingerprint density at radius 2 is 2.39 bits per heavy atom. The summed E-state index contributed by atoms with van der Waals surface area (Å²) in [6, 6.07) is 5.29. The van der Waals surface area contributed by atoms with Gasteiger partial charge in [-0.3, -0.25) is 9.69 Å². The third-order valence-corrected chi connectivity index (χ3v) is 3.99. The first-order chi connectivity index (χ1) is 8.56. The Hall–Kier alpha value is -0.940. The molecular formula is C13H16BrFN2O. The van der Waals surface area contributed by atoms with Gasteiger partial charge in [-0.2, -0.15) is 0 Å². The number of carbonyl (C=O) groups is 1. The molecule has 1 aromatic rings. The van der Waals surface area contributed by atoms with Crippen LogP contribution >= 0.6 is 15.9 Å². The summed E-state index contributed by atoms with van der Waals surface area (Å²) in [6.45, 7) is 3.98. The van der Waals surface area contributed by atoms with E-state index in [2.05, 4.69) is 26.1 Å². The highest BCUT2D eigenvalue weighted by atomic mass is 79.9. The van der Waals surface area contributed by atoms with Crippen LogP contribution < -0.4 is 5.32 Å². The molecule has 1 aliphatic heterocycles. The largest absolute Gasteiger partial charge is 0.352 e. The zero-order valence-electron chi connectivity index (χ0n) is 10.2. The SMILES string of the molecule is CC(=O)NC1CCN(Cc2cccc(F)c2Br)C1. The summed E-state index contributed by atoms with van der Waals surface area (Å²) in [5.74, 6) is -0.223. The number of hydrogen-bond acceptors (Lipinski definition) is 2. The van der Waals surface area contributed by atoms with Crippen molar-refractivity contribution in [2.75, 3.05) is 13.1 Å². The summed E-state index contributed by atoms with van der Waals surface area (Å²) in [4.78, 5) is 13.2. The van der Waals surface area contributed by atoms with Crippen molar-refractivity contribution in [1.29, 1.82) is 0 Å². The summed E-state index contributed by atoms with van der Waals surface area (Å²) >= 11 is 3.27. The summed E-state index contributed by atoms with van der Waals surface area (Å²) in [5.41, 5.74) is 0.943. The van der Waals surface area contributed by atoms with Crippen molar-refractivity contribution in [1.82, 2.24) is 10.2 Å².